The van der Waals surface area contributed by atoms with Crippen LogP contribution in [0.2, 0.25) is 0 Å². The molecule has 15 heavy (non-hydrogen) atoms. The number of methoxy groups -OCH3 is 2. The summed E-state index contributed by atoms with van der Waals surface area (Å²) in [6.07, 6.45) is 1.76. The molecule has 1 rings (SSSR count). The summed E-state index contributed by atoms with van der Waals surface area (Å²) < 4.78 is 10.3. The quantitative estimate of drug-likeness (QED) is 0.556. The second kappa shape index (κ2) is 5.24. The summed E-state index contributed by atoms with van der Waals surface area (Å²) >= 11 is 0. The van der Waals surface area contributed by atoms with E-state index in [1.807, 2.05) is 32.3 Å². The van der Waals surface area contributed by atoms with Gasteiger partial charge in [-0.1, -0.05) is 0 Å². The monoisotopic (exact) mass is 208 g/mol. The van der Waals surface area contributed by atoms with Gasteiger partial charge in [-0.15, -0.1) is 0 Å². The lowest BCUT2D eigenvalue weighted by Crippen LogP contribution is -2.02. The Balaban J connectivity index is 2.96. The van der Waals surface area contributed by atoms with Crippen molar-refractivity contribution in [2.24, 2.45) is 5.10 Å². The van der Waals surface area contributed by atoms with Crippen LogP contribution in [-0.2, 0) is 0 Å². The average molecular weight is 208 g/mol. The predicted molar refractivity (Wildman–Crippen MR) is 60.8 cm³/mol. The van der Waals surface area contributed by atoms with E-state index >= 15 is 0 Å². The van der Waals surface area contributed by atoms with E-state index in [1.54, 1.807) is 25.4 Å². The average Bonchev–Trinajstić information content (AvgIpc) is 2.25. The zero-order chi connectivity index (χ0) is 11.3. The van der Waals surface area contributed by atoms with Gasteiger partial charge in [-0.3, -0.25) is 0 Å². The summed E-state index contributed by atoms with van der Waals surface area (Å²) in [6, 6.07) is 5.62. The van der Waals surface area contributed by atoms with Crippen LogP contribution in [-0.4, -0.2) is 39.5 Å². The van der Waals surface area contributed by atoms with Crippen molar-refractivity contribution in [3.05, 3.63) is 23.8 Å². The van der Waals surface area contributed by atoms with Crippen LogP contribution in [0, 0.1) is 0 Å². The molecule has 0 heterocycles. The minimum absolute atomic E-state index is 0.759. The smallest absolute Gasteiger partial charge is 0.123 e. The minimum Gasteiger partial charge on any atom is -0.497 e. The van der Waals surface area contributed by atoms with Gasteiger partial charge in [0.2, 0.25) is 0 Å². The maximum Gasteiger partial charge on any atom is 0.123 e. The molecular weight excluding hydrogens is 192 g/mol. The Morgan fingerprint density at radius 3 is 2.00 bits per heavy atom. The Hall–Kier alpha value is -1.71. The third kappa shape index (κ3) is 3.50. The van der Waals surface area contributed by atoms with Gasteiger partial charge in [-0.2, -0.15) is 5.10 Å². The molecule has 0 N–H and O–H groups in total. The molecule has 0 atom stereocenters. The van der Waals surface area contributed by atoms with Gasteiger partial charge >= 0.3 is 0 Å². The molecule has 0 aliphatic rings. The summed E-state index contributed by atoms with van der Waals surface area (Å²) in [4.78, 5) is 0. The number of benzene rings is 1. The first kappa shape index (κ1) is 11.4. The van der Waals surface area contributed by atoms with Gasteiger partial charge in [-0.25, -0.2) is 0 Å². The van der Waals surface area contributed by atoms with E-state index < -0.39 is 0 Å². The molecule has 1 aromatic carbocycles. The lowest BCUT2D eigenvalue weighted by molar-refractivity contribution is 0.394. The molecule has 4 heteroatoms. The number of nitrogens with zero attached hydrogens (tertiary/aromatic N) is 2. The third-order valence-electron chi connectivity index (χ3n) is 1.81. The van der Waals surface area contributed by atoms with Crippen molar-refractivity contribution < 1.29 is 9.47 Å². The first-order valence-corrected chi connectivity index (χ1v) is 4.60. The summed E-state index contributed by atoms with van der Waals surface area (Å²) in [6.45, 7) is 0. The van der Waals surface area contributed by atoms with Crippen LogP contribution in [0.3, 0.4) is 0 Å². The van der Waals surface area contributed by atoms with E-state index in [1.165, 1.54) is 0 Å². The Morgan fingerprint density at radius 1 is 1.07 bits per heavy atom. The molecule has 0 spiro atoms. The standard InChI is InChI=1S/C11H16N2O2/c1-13(2)12-8-9-5-10(14-3)7-11(6-9)15-4/h5-8H,1-4H3/b12-8+. The highest BCUT2D eigenvalue weighted by atomic mass is 16.5. The van der Waals surface area contributed by atoms with E-state index in [2.05, 4.69) is 5.10 Å². The van der Waals surface area contributed by atoms with Gasteiger partial charge in [-0.05, 0) is 12.1 Å². The minimum atomic E-state index is 0.759. The first-order valence-electron chi connectivity index (χ1n) is 4.60. The molecule has 1 aromatic rings. The fourth-order valence-corrected chi connectivity index (χ4v) is 1.09. The van der Waals surface area contributed by atoms with Crippen molar-refractivity contribution in [1.82, 2.24) is 5.01 Å². The van der Waals surface area contributed by atoms with Gasteiger partial charge < -0.3 is 14.5 Å². The third-order valence-corrected chi connectivity index (χ3v) is 1.81. The maximum atomic E-state index is 5.15. The van der Waals surface area contributed by atoms with Gasteiger partial charge in [0, 0.05) is 25.7 Å². The number of hydrogen-bond acceptors (Lipinski definition) is 4. The number of hydrogen-bond donors (Lipinski definition) is 0. The lowest BCUT2D eigenvalue weighted by Gasteiger charge is -2.06. The lowest BCUT2D eigenvalue weighted by atomic mass is 10.2. The topological polar surface area (TPSA) is 34.1 Å². The SMILES string of the molecule is COc1cc(/C=N/N(C)C)cc(OC)c1. The van der Waals surface area contributed by atoms with Crippen LogP contribution < -0.4 is 9.47 Å². The summed E-state index contributed by atoms with van der Waals surface area (Å²) in [5.41, 5.74) is 0.944. The van der Waals surface area contributed by atoms with Gasteiger partial charge in [0.1, 0.15) is 11.5 Å². The summed E-state index contributed by atoms with van der Waals surface area (Å²) in [7, 11) is 6.99. The van der Waals surface area contributed by atoms with Crippen LogP contribution >= 0.6 is 0 Å². The molecule has 0 fully saturated rings. The van der Waals surface area contributed by atoms with Crippen LogP contribution in [0.1, 0.15) is 5.56 Å². The molecule has 0 bridgehead atoms. The molecule has 0 saturated carbocycles. The van der Waals surface area contributed by atoms with Crippen molar-refractivity contribution in [3.63, 3.8) is 0 Å². The highest BCUT2D eigenvalue weighted by Crippen LogP contribution is 2.21. The second-order valence-corrected chi connectivity index (χ2v) is 3.24. The predicted octanol–water partition coefficient (Wildman–Crippen LogP) is 1.60. The molecule has 0 aliphatic carbocycles. The molecule has 0 unspecified atom stereocenters. The van der Waals surface area contributed by atoms with Crippen LogP contribution in [0.25, 0.3) is 0 Å². The van der Waals surface area contributed by atoms with Crippen molar-refractivity contribution in [2.75, 3.05) is 28.3 Å². The van der Waals surface area contributed by atoms with Crippen molar-refractivity contribution in [3.8, 4) is 11.5 Å². The fourth-order valence-electron chi connectivity index (χ4n) is 1.09. The zero-order valence-corrected chi connectivity index (χ0v) is 9.52. The molecule has 0 saturated heterocycles. The van der Waals surface area contributed by atoms with E-state index in [0.29, 0.717) is 0 Å². The Bertz CT molecular complexity index is 326. The van der Waals surface area contributed by atoms with Crippen molar-refractivity contribution in [2.45, 2.75) is 0 Å². The van der Waals surface area contributed by atoms with E-state index in [-0.39, 0.29) is 0 Å². The van der Waals surface area contributed by atoms with Gasteiger partial charge in [0.05, 0.1) is 20.4 Å². The largest absolute Gasteiger partial charge is 0.497 e. The molecule has 0 aromatic heterocycles. The number of hydrazone groups is 1. The van der Waals surface area contributed by atoms with Crippen molar-refractivity contribution in [1.29, 1.82) is 0 Å². The van der Waals surface area contributed by atoms with Gasteiger partial charge in [0.15, 0.2) is 0 Å². The van der Waals surface area contributed by atoms with E-state index in [0.717, 1.165) is 17.1 Å². The molecular formula is C11H16N2O2. The molecule has 82 valence electrons. The molecule has 0 aliphatic heterocycles. The molecule has 0 amide bonds. The van der Waals surface area contributed by atoms with Gasteiger partial charge in [0.25, 0.3) is 0 Å². The zero-order valence-electron chi connectivity index (χ0n) is 9.52. The van der Waals surface area contributed by atoms with Crippen LogP contribution in [0.4, 0.5) is 0 Å². The molecule has 4 nitrogen and oxygen atoms in total. The summed E-state index contributed by atoms with van der Waals surface area (Å²) in [5, 5.41) is 5.87. The van der Waals surface area contributed by atoms with E-state index in [4.69, 9.17) is 9.47 Å². The molecule has 0 radical (unpaired) electrons. The second-order valence-electron chi connectivity index (χ2n) is 3.24. The Kier molecular flexibility index (Phi) is 3.97. The maximum absolute atomic E-state index is 5.15. The normalized spacial score (nSPS) is 10.4. The fraction of sp³-hybridized carbons (Fsp3) is 0.364. The Morgan fingerprint density at radius 2 is 1.60 bits per heavy atom. The number of ether oxygens (including phenoxy) is 2. The first-order chi connectivity index (χ1) is 7.15. The Labute approximate surface area is 90.1 Å². The van der Waals surface area contributed by atoms with Crippen LogP contribution in [0.5, 0.6) is 11.5 Å². The highest BCUT2D eigenvalue weighted by Gasteiger charge is 1.99. The van der Waals surface area contributed by atoms with Crippen molar-refractivity contribution >= 4 is 6.21 Å². The number of rotatable bonds is 4. The van der Waals surface area contributed by atoms with E-state index in [9.17, 15) is 0 Å². The van der Waals surface area contributed by atoms with Crippen LogP contribution in [0.15, 0.2) is 23.3 Å². The highest BCUT2D eigenvalue weighted by molar-refractivity contribution is 5.80. The summed E-state index contributed by atoms with van der Waals surface area (Å²) in [5.74, 6) is 1.52.